The second-order valence-corrected chi connectivity index (χ2v) is 6.51. The van der Waals surface area contributed by atoms with Crippen LogP contribution < -0.4 is 10.6 Å². The average Bonchev–Trinajstić information content (AvgIpc) is 2.70. The molecule has 0 saturated carbocycles. The Bertz CT molecular complexity index is 859. The van der Waals surface area contributed by atoms with Gasteiger partial charge in [-0.3, -0.25) is 14.4 Å². The first-order valence-electron chi connectivity index (χ1n) is 8.80. The molecule has 0 saturated heterocycles. The zero-order valence-electron chi connectivity index (χ0n) is 15.7. The van der Waals surface area contributed by atoms with Crippen molar-refractivity contribution in [3.05, 3.63) is 65.2 Å². The topological polar surface area (TPSA) is 102 Å². The summed E-state index contributed by atoms with van der Waals surface area (Å²) in [6, 6.07) is 12.4. The van der Waals surface area contributed by atoms with Crippen molar-refractivity contribution < 1.29 is 23.9 Å². The van der Waals surface area contributed by atoms with Crippen molar-refractivity contribution in [3.8, 4) is 0 Å². The van der Waals surface area contributed by atoms with Gasteiger partial charge in [0.25, 0.3) is 11.8 Å². The van der Waals surface area contributed by atoms with Gasteiger partial charge in [-0.2, -0.15) is 0 Å². The molecule has 2 rings (SSSR count). The Labute approximate surface area is 163 Å². The van der Waals surface area contributed by atoms with Gasteiger partial charge in [0.05, 0.1) is 16.8 Å². The molecule has 0 spiro atoms. The van der Waals surface area contributed by atoms with Crippen LogP contribution in [0.3, 0.4) is 0 Å². The van der Waals surface area contributed by atoms with Gasteiger partial charge in [-0.1, -0.05) is 38.1 Å². The van der Waals surface area contributed by atoms with Crippen molar-refractivity contribution in [2.45, 2.75) is 13.8 Å². The highest BCUT2D eigenvalue weighted by Crippen LogP contribution is 2.15. The third-order valence-corrected chi connectivity index (χ3v) is 3.73. The number of anilines is 1. The van der Waals surface area contributed by atoms with E-state index in [1.807, 2.05) is 13.8 Å². The lowest BCUT2D eigenvalue weighted by molar-refractivity contribution is -0.119. The fourth-order valence-electron chi connectivity index (χ4n) is 2.28. The average molecular weight is 382 g/mol. The van der Waals surface area contributed by atoms with E-state index < -0.39 is 18.5 Å². The molecule has 2 N–H and O–H groups in total. The third-order valence-electron chi connectivity index (χ3n) is 3.73. The van der Waals surface area contributed by atoms with Crippen LogP contribution in [0, 0.1) is 5.92 Å². The van der Waals surface area contributed by atoms with Crippen LogP contribution in [0.15, 0.2) is 48.5 Å². The predicted molar refractivity (Wildman–Crippen MR) is 104 cm³/mol. The largest absolute Gasteiger partial charge is 0.452 e. The van der Waals surface area contributed by atoms with E-state index in [4.69, 9.17) is 4.74 Å². The number of aldehydes is 1. The number of benzene rings is 2. The molecule has 0 fully saturated rings. The Morgan fingerprint density at radius 2 is 1.71 bits per heavy atom. The van der Waals surface area contributed by atoms with Gasteiger partial charge in [0.1, 0.15) is 6.29 Å². The summed E-state index contributed by atoms with van der Waals surface area (Å²) in [4.78, 5) is 47.0. The molecule has 0 aliphatic heterocycles. The Morgan fingerprint density at radius 1 is 1.04 bits per heavy atom. The number of hydrogen-bond donors (Lipinski definition) is 2. The molecule has 146 valence electrons. The quantitative estimate of drug-likeness (QED) is 0.540. The number of rotatable bonds is 8. The summed E-state index contributed by atoms with van der Waals surface area (Å²) < 4.78 is 4.98. The normalized spacial score (nSPS) is 10.2. The second kappa shape index (κ2) is 10.0. The SMILES string of the molecule is CC(C)CNC(=O)c1ccccc1NC(=O)COC(=O)c1ccc(C=O)cc1. The van der Waals surface area contributed by atoms with Gasteiger partial charge in [-0.15, -0.1) is 0 Å². The Hall–Kier alpha value is -3.48. The highest BCUT2D eigenvalue weighted by molar-refractivity contribution is 6.04. The summed E-state index contributed by atoms with van der Waals surface area (Å²) in [6.07, 6.45) is 0.664. The van der Waals surface area contributed by atoms with Gasteiger partial charge in [0.2, 0.25) is 0 Å². The molecule has 0 aliphatic rings. The number of amides is 2. The molecule has 0 aromatic heterocycles. The van der Waals surface area contributed by atoms with Gasteiger partial charge in [0.15, 0.2) is 6.61 Å². The molecule has 7 heteroatoms. The van der Waals surface area contributed by atoms with Crippen molar-refractivity contribution in [1.82, 2.24) is 5.32 Å². The summed E-state index contributed by atoms with van der Waals surface area (Å²) in [5.74, 6) is -1.25. The minimum atomic E-state index is -0.685. The number of para-hydroxylation sites is 1. The molecule has 0 unspecified atom stereocenters. The van der Waals surface area contributed by atoms with Crippen molar-refractivity contribution in [2.75, 3.05) is 18.5 Å². The molecule has 7 nitrogen and oxygen atoms in total. The summed E-state index contributed by atoms with van der Waals surface area (Å²) in [7, 11) is 0. The number of ether oxygens (including phenoxy) is 1. The van der Waals surface area contributed by atoms with Crippen LogP contribution in [0.5, 0.6) is 0 Å². The van der Waals surface area contributed by atoms with E-state index in [2.05, 4.69) is 10.6 Å². The number of carbonyl (C=O) groups excluding carboxylic acids is 4. The van der Waals surface area contributed by atoms with E-state index in [0.29, 0.717) is 35.6 Å². The maximum absolute atomic E-state index is 12.3. The maximum atomic E-state index is 12.3. The standard InChI is InChI=1S/C21H22N2O5/c1-14(2)11-22-20(26)17-5-3-4-6-18(17)23-19(25)13-28-21(27)16-9-7-15(12-24)8-10-16/h3-10,12,14H,11,13H2,1-2H3,(H,22,26)(H,23,25). The molecule has 0 atom stereocenters. The van der Waals surface area contributed by atoms with E-state index in [9.17, 15) is 19.2 Å². The Balaban J connectivity index is 1.94. The lowest BCUT2D eigenvalue weighted by atomic mass is 10.1. The summed E-state index contributed by atoms with van der Waals surface area (Å²) >= 11 is 0. The van der Waals surface area contributed by atoms with E-state index in [1.54, 1.807) is 24.3 Å². The number of nitrogens with one attached hydrogen (secondary N) is 2. The maximum Gasteiger partial charge on any atom is 0.338 e. The predicted octanol–water partition coefficient (Wildman–Crippen LogP) is 2.68. The molecule has 0 heterocycles. The first kappa shape index (κ1) is 20.8. The van der Waals surface area contributed by atoms with Gasteiger partial charge >= 0.3 is 5.97 Å². The Kier molecular flexibility index (Phi) is 7.45. The fourth-order valence-corrected chi connectivity index (χ4v) is 2.28. The fraction of sp³-hybridized carbons (Fsp3) is 0.238. The third kappa shape index (κ3) is 6.05. The highest BCUT2D eigenvalue weighted by atomic mass is 16.5. The van der Waals surface area contributed by atoms with E-state index in [1.165, 1.54) is 24.3 Å². The number of hydrogen-bond acceptors (Lipinski definition) is 5. The molecule has 0 aliphatic carbocycles. The second-order valence-electron chi connectivity index (χ2n) is 6.51. The van der Waals surface area contributed by atoms with E-state index in [-0.39, 0.29) is 11.5 Å². The molecule has 2 amide bonds. The van der Waals surface area contributed by atoms with E-state index >= 15 is 0 Å². The lowest BCUT2D eigenvalue weighted by Gasteiger charge is -2.12. The minimum absolute atomic E-state index is 0.229. The van der Waals surface area contributed by atoms with Gasteiger partial charge < -0.3 is 15.4 Å². The van der Waals surface area contributed by atoms with Crippen molar-refractivity contribution in [1.29, 1.82) is 0 Å². The van der Waals surface area contributed by atoms with Gasteiger partial charge in [-0.25, -0.2) is 4.79 Å². The van der Waals surface area contributed by atoms with Gasteiger partial charge in [0, 0.05) is 12.1 Å². The molecule has 0 radical (unpaired) electrons. The molecule has 28 heavy (non-hydrogen) atoms. The van der Waals surface area contributed by atoms with Crippen LogP contribution in [-0.2, 0) is 9.53 Å². The number of carbonyl (C=O) groups is 4. The summed E-state index contributed by atoms with van der Waals surface area (Å²) in [5.41, 5.74) is 1.32. The summed E-state index contributed by atoms with van der Waals surface area (Å²) in [6.45, 7) is 3.97. The van der Waals surface area contributed by atoms with Crippen molar-refractivity contribution in [2.24, 2.45) is 5.92 Å². The molecule has 0 bridgehead atoms. The molecule has 2 aromatic rings. The van der Waals surface area contributed by atoms with E-state index in [0.717, 1.165) is 0 Å². The molecular weight excluding hydrogens is 360 g/mol. The smallest absolute Gasteiger partial charge is 0.338 e. The van der Waals surface area contributed by atoms with Gasteiger partial charge in [-0.05, 0) is 30.2 Å². The monoisotopic (exact) mass is 382 g/mol. The van der Waals surface area contributed by atoms with Crippen LogP contribution in [0.2, 0.25) is 0 Å². The van der Waals surface area contributed by atoms with Crippen LogP contribution in [0.4, 0.5) is 5.69 Å². The van der Waals surface area contributed by atoms with Crippen LogP contribution in [0.1, 0.15) is 44.9 Å². The highest BCUT2D eigenvalue weighted by Gasteiger charge is 2.15. The first-order chi connectivity index (χ1) is 13.4. The first-order valence-corrected chi connectivity index (χ1v) is 8.80. The summed E-state index contributed by atoms with van der Waals surface area (Å²) in [5, 5.41) is 5.37. The minimum Gasteiger partial charge on any atom is -0.452 e. The lowest BCUT2D eigenvalue weighted by Crippen LogP contribution is -2.29. The van der Waals surface area contributed by atoms with Crippen LogP contribution in [-0.4, -0.2) is 37.2 Å². The zero-order valence-corrected chi connectivity index (χ0v) is 15.7. The van der Waals surface area contributed by atoms with Crippen LogP contribution >= 0.6 is 0 Å². The molecule has 2 aromatic carbocycles. The zero-order chi connectivity index (χ0) is 20.5. The Morgan fingerprint density at radius 3 is 2.36 bits per heavy atom. The van der Waals surface area contributed by atoms with Crippen molar-refractivity contribution >= 4 is 29.8 Å². The van der Waals surface area contributed by atoms with Crippen molar-refractivity contribution in [3.63, 3.8) is 0 Å². The van der Waals surface area contributed by atoms with Crippen LogP contribution in [0.25, 0.3) is 0 Å². The number of esters is 1. The molecular formula is C21H22N2O5.